The zero-order valence-electron chi connectivity index (χ0n) is 10.9. The molecule has 1 aliphatic heterocycles. The summed E-state index contributed by atoms with van der Waals surface area (Å²) < 4.78 is 0. The van der Waals surface area contributed by atoms with Crippen molar-refractivity contribution in [1.82, 2.24) is 10.2 Å². The first kappa shape index (κ1) is 12.8. The van der Waals surface area contributed by atoms with Gasteiger partial charge in [0.2, 0.25) is 5.91 Å². The Hall–Kier alpha value is -0.610. The molecule has 1 heterocycles. The molecule has 0 aromatic carbocycles. The molecule has 0 radical (unpaired) electrons. The molecule has 1 saturated carbocycles. The topological polar surface area (TPSA) is 58.4 Å². The van der Waals surface area contributed by atoms with E-state index in [2.05, 4.69) is 5.32 Å². The Labute approximate surface area is 104 Å². The molecule has 3 N–H and O–H groups in total. The van der Waals surface area contributed by atoms with Gasteiger partial charge in [0, 0.05) is 19.1 Å². The third-order valence-corrected chi connectivity index (χ3v) is 4.29. The Morgan fingerprint density at radius 3 is 2.65 bits per heavy atom. The number of nitrogens with two attached hydrogens (primary N) is 1. The van der Waals surface area contributed by atoms with Crippen LogP contribution in [0.4, 0.5) is 0 Å². The summed E-state index contributed by atoms with van der Waals surface area (Å²) in [5.41, 5.74) is 5.75. The molecule has 17 heavy (non-hydrogen) atoms. The maximum Gasteiger partial charge on any atom is 0.242 e. The second-order valence-electron chi connectivity index (χ2n) is 5.60. The van der Waals surface area contributed by atoms with E-state index in [-0.39, 0.29) is 5.91 Å². The van der Waals surface area contributed by atoms with Gasteiger partial charge in [0.05, 0.1) is 5.54 Å². The molecule has 4 nitrogen and oxygen atoms in total. The molecule has 1 amide bonds. The summed E-state index contributed by atoms with van der Waals surface area (Å²) in [7, 11) is 1.97. The lowest BCUT2D eigenvalue weighted by atomic mass is 9.81. The van der Waals surface area contributed by atoms with Crippen LogP contribution in [0, 0.1) is 0 Å². The Bertz CT molecular complexity index is 274. The van der Waals surface area contributed by atoms with Crippen LogP contribution < -0.4 is 11.1 Å². The van der Waals surface area contributed by atoms with E-state index < -0.39 is 5.54 Å². The molecule has 1 unspecified atom stereocenters. The van der Waals surface area contributed by atoms with Crippen LogP contribution in [-0.4, -0.2) is 42.5 Å². The second-order valence-corrected chi connectivity index (χ2v) is 5.60. The van der Waals surface area contributed by atoms with Gasteiger partial charge in [-0.05, 0) is 32.7 Å². The molecular weight excluding hydrogens is 214 g/mol. The minimum absolute atomic E-state index is 0.192. The van der Waals surface area contributed by atoms with Gasteiger partial charge in [-0.1, -0.05) is 19.3 Å². The van der Waals surface area contributed by atoms with Crippen molar-refractivity contribution in [2.75, 3.05) is 20.1 Å². The summed E-state index contributed by atoms with van der Waals surface area (Å²) in [6.07, 6.45) is 7.42. The smallest absolute Gasteiger partial charge is 0.242 e. The van der Waals surface area contributed by atoms with E-state index in [9.17, 15) is 4.79 Å². The maximum absolute atomic E-state index is 12.5. The highest BCUT2D eigenvalue weighted by atomic mass is 16.2. The van der Waals surface area contributed by atoms with Gasteiger partial charge in [0.25, 0.3) is 0 Å². The molecule has 98 valence electrons. The Kier molecular flexibility index (Phi) is 4.05. The summed E-state index contributed by atoms with van der Waals surface area (Å²) >= 11 is 0. The van der Waals surface area contributed by atoms with Crippen LogP contribution >= 0.6 is 0 Å². The largest absolute Gasteiger partial charge is 0.340 e. The van der Waals surface area contributed by atoms with Crippen LogP contribution in [0.2, 0.25) is 0 Å². The van der Waals surface area contributed by atoms with Crippen molar-refractivity contribution in [2.24, 2.45) is 5.73 Å². The molecule has 0 bridgehead atoms. The summed E-state index contributed by atoms with van der Waals surface area (Å²) in [5, 5.41) is 3.27. The third-order valence-electron chi connectivity index (χ3n) is 4.29. The third kappa shape index (κ3) is 2.80. The summed E-state index contributed by atoms with van der Waals surface area (Å²) in [6, 6.07) is 0.444. The van der Waals surface area contributed by atoms with Crippen LogP contribution in [0.25, 0.3) is 0 Å². The first-order valence-electron chi connectivity index (χ1n) is 6.91. The van der Waals surface area contributed by atoms with Crippen LogP contribution in [0.5, 0.6) is 0 Å². The minimum atomic E-state index is -0.562. The lowest BCUT2D eigenvalue weighted by Gasteiger charge is -2.40. The lowest BCUT2D eigenvalue weighted by molar-refractivity contribution is -0.139. The van der Waals surface area contributed by atoms with Gasteiger partial charge >= 0.3 is 0 Å². The fourth-order valence-electron chi connectivity index (χ4n) is 3.11. The predicted octanol–water partition coefficient (Wildman–Crippen LogP) is 0.858. The van der Waals surface area contributed by atoms with E-state index in [1.165, 1.54) is 6.42 Å². The van der Waals surface area contributed by atoms with Crippen molar-refractivity contribution in [2.45, 2.75) is 56.5 Å². The average molecular weight is 239 g/mol. The Morgan fingerprint density at radius 1 is 1.29 bits per heavy atom. The van der Waals surface area contributed by atoms with Gasteiger partial charge in [-0.25, -0.2) is 0 Å². The number of rotatable bonds is 2. The molecule has 2 aliphatic rings. The normalized spacial score (nSPS) is 29.1. The van der Waals surface area contributed by atoms with Gasteiger partial charge in [0.15, 0.2) is 0 Å². The first-order valence-corrected chi connectivity index (χ1v) is 6.91. The molecule has 1 atom stereocenters. The van der Waals surface area contributed by atoms with Gasteiger partial charge in [-0.2, -0.15) is 0 Å². The van der Waals surface area contributed by atoms with E-state index in [0.29, 0.717) is 6.04 Å². The molecule has 1 saturated heterocycles. The van der Waals surface area contributed by atoms with Gasteiger partial charge in [-0.3, -0.25) is 4.79 Å². The summed E-state index contributed by atoms with van der Waals surface area (Å²) in [4.78, 5) is 14.5. The standard InChI is InChI=1S/C13H25N3O/c1-15-11-6-5-9-16(10-11)12(17)13(14)7-3-2-4-8-13/h11,15H,2-10,14H2,1H3. The van der Waals surface area contributed by atoms with Gasteiger partial charge in [0.1, 0.15) is 0 Å². The van der Waals surface area contributed by atoms with Crippen molar-refractivity contribution in [3.8, 4) is 0 Å². The SMILES string of the molecule is CNC1CCCN(C(=O)C2(N)CCCCC2)C1. The highest BCUT2D eigenvalue weighted by molar-refractivity contribution is 5.86. The number of carbonyl (C=O) groups excluding carboxylic acids is 1. The van der Waals surface area contributed by atoms with Crippen LogP contribution in [0.15, 0.2) is 0 Å². The summed E-state index contributed by atoms with van der Waals surface area (Å²) in [5.74, 6) is 0.192. The monoisotopic (exact) mass is 239 g/mol. The highest BCUT2D eigenvalue weighted by Gasteiger charge is 2.39. The number of carbonyl (C=O) groups is 1. The highest BCUT2D eigenvalue weighted by Crippen LogP contribution is 2.28. The summed E-state index contributed by atoms with van der Waals surface area (Å²) in [6.45, 7) is 1.71. The fraction of sp³-hybridized carbons (Fsp3) is 0.923. The predicted molar refractivity (Wildman–Crippen MR) is 68.7 cm³/mol. The first-order chi connectivity index (χ1) is 8.15. The maximum atomic E-state index is 12.5. The number of hydrogen-bond donors (Lipinski definition) is 2. The van der Waals surface area contributed by atoms with Crippen molar-refractivity contribution in [3.63, 3.8) is 0 Å². The van der Waals surface area contributed by atoms with E-state index in [4.69, 9.17) is 5.73 Å². The van der Waals surface area contributed by atoms with Crippen molar-refractivity contribution >= 4 is 5.91 Å². The number of nitrogens with zero attached hydrogens (tertiary/aromatic N) is 1. The van der Waals surface area contributed by atoms with E-state index in [1.54, 1.807) is 0 Å². The Balaban J connectivity index is 1.98. The van der Waals surface area contributed by atoms with Crippen LogP contribution in [0.3, 0.4) is 0 Å². The lowest BCUT2D eigenvalue weighted by Crippen LogP contribution is -2.59. The van der Waals surface area contributed by atoms with Crippen molar-refractivity contribution in [1.29, 1.82) is 0 Å². The molecule has 0 aromatic heterocycles. The molecule has 2 rings (SSSR count). The number of hydrogen-bond acceptors (Lipinski definition) is 3. The molecule has 0 aromatic rings. The molecule has 0 spiro atoms. The average Bonchev–Trinajstić information content (AvgIpc) is 2.39. The van der Waals surface area contributed by atoms with Crippen molar-refractivity contribution in [3.05, 3.63) is 0 Å². The van der Waals surface area contributed by atoms with E-state index in [1.807, 2.05) is 11.9 Å². The van der Waals surface area contributed by atoms with Crippen molar-refractivity contribution < 1.29 is 4.79 Å². The molecule has 1 aliphatic carbocycles. The number of piperidine rings is 1. The number of nitrogens with one attached hydrogen (secondary N) is 1. The zero-order valence-corrected chi connectivity index (χ0v) is 10.9. The second kappa shape index (κ2) is 5.36. The zero-order chi connectivity index (χ0) is 12.3. The molecule has 2 fully saturated rings. The quantitative estimate of drug-likeness (QED) is 0.751. The van der Waals surface area contributed by atoms with Gasteiger partial charge < -0.3 is 16.0 Å². The number of likely N-dealkylation sites (N-methyl/N-ethyl adjacent to an activating group) is 1. The van der Waals surface area contributed by atoms with E-state index >= 15 is 0 Å². The van der Waals surface area contributed by atoms with Gasteiger partial charge in [-0.15, -0.1) is 0 Å². The molecule has 4 heteroatoms. The number of amides is 1. The van der Waals surface area contributed by atoms with Crippen LogP contribution in [-0.2, 0) is 4.79 Å². The molecular formula is C13H25N3O. The van der Waals surface area contributed by atoms with Crippen LogP contribution in [0.1, 0.15) is 44.9 Å². The minimum Gasteiger partial charge on any atom is -0.340 e. The number of likely N-dealkylation sites (tertiary alicyclic amines) is 1. The van der Waals surface area contributed by atoms with E-state index in [0.717, 1.165) is 51.6 Å². The fourth-order valence-corrected chi connectivity index (χ4v) is 3.11. The Morgan fingerprint density at radius 2 is 2.00 bits per heavy atom.